The van der Waals surface area contributed by atoms with Gasteiger partial charge in [-0.15, -0.1) is 0 Å². The van der Waals surface area contributed by atoms with Crippen molar-refractivity contribution < 1.29 is 10.0 Å². The molecule has 3 N–H and O–H groups in total. The summed E-state index contributed by atoms with van der Waals surface area (Å²) >= 11 is 5.19. The molecule has 0 saturated carbocycles. The van der Waals surface area contributed by atoms with Crippen LogP contribution in [0.2, 0.25) is 0 Å². The van der Waals surface area contributed by atoms with Gasteiger partial charge in [-0.1, -0.05) is 16.8 Å². The minimum Gasteiger partial charge on any atom is -0.410 e. The Morgan fingerprint density at radius 2 is 2.20 bits per heavy atom. The molecule has 0 heterocycles. The first-order valence-electron chi connectivity index (χ1n) is 2.28. The number of carbonyl (C=O) groups is 1. The molecule has 0 rings (SSSR count). The molecule has 0 bridgehead atoms. The summed E-state index contributed by atoms with van der Waals surface area (Å²) in [5.74, 6) is -0.828. The van der Waals surface area contributed by atoms with Crippen molar-refractivity contribution in [2.24, 2.45) is 15.9 Å². The first kappa shape index (κ1) is 8.90. The highest BCUT2D eigenvalue weighted by molar-refractivity contribution is 6.92. The van der Waals surface area contributed by atoms with Crippen molar-refractivity contribution in [2.75, 3.05) is 7.05 Å². The van der Waals surface area contributed by atoms with E-state index in [0.29, 0.717) is 0 Å². The van der Waals surface area contributed by atoms with Crippen LogP contribution < -0.4 is 5.73 Å². The van der Waals surface area contributed by atoms with E-state index in [0.717, 1.165) is 0 Å². The fraction of sp³-hybridized carbons (Fsp3) is 0.250. The molecule has 0 fully saturated rings. The molecule has 10 heavy (non-hydrogen) atoms. The minimum atomic E-state index is -0.828. The summed E-state index contributed by atoms with van der Waals surface area (Å²) in [6, 6.07) is 0. The average Bonchev–Trinajstić information content (AvgIpc) is 1.88. The summed E-state index contributed by atoms with van der Waals surface area (Å²) in [5.41, 5.74) is 4.53. The van der Waals surface area contributed by atoms with Gasteiger partial charge in [0.05, 0.1) is 0 Å². The Balaban J connectivity index is 4.56. The molecule has 0 spiro atoms. The van der Waals surface area contributed by atoms with Crippen LogP contribution in [0.1, 0.15) is 0 Å². The van der Waals surface area contributed by atoms with E-state index in [1.807, 2.05) is 0 Å². The Bertz CT molecular complexity index is 199. The molecular formula is C4H6ClN3O2. The first-order valence-corrected chi connectivity index (χ1v) is 2.65. The molecule has 0 aromatic rings. The number of nitrogens with two attached hydrogens (primary N) is 1. The lowest BCUT2D eigenvalue weighted by Crippen LogP contribution is -2.28. The maximum atomic E-state index is 10.3. The summed E-state index contributed by atoms with van der Waals surface area (Å²) in [5, 5.41) is 10.2. The highest BCUT2D eigenvalue weighted by Crippen LogP contribution is 1.88. The smallest absolute Gasteiger partial charge is 0.270 e. The monoisotopic (exact) mass is 163 g/mol. The number of halogens is 1. The predicted octanol–water partition coefficient (Wildman–Crippen LogP) is -0.431. The van der Waals surface area contributed by atoms with E-state index in [4.69, 9.17) is 22.5 Å². The normalized spacial score (nSPS) is 13.4. The standard InChI is InChI=1S/C4H6ClN3O2/c1-7-2(4(6)9)3(5)8-10/h10H,1H3,(H2,6,9)/b7-2+,8-3+. The van der Waals surface area contributed by atoms with Gasteiger partial charge in [-0.2, -0.15) is 0 Å². The molecule has 56 valence electrons. The second kappa shape index (κ2) is 3.84. The van der Waals surface area contributed by atoms with E-state index in [1.165, 1.54) is 7.05 Å². The topological polar surface area (TPSA) is 88.0 Å². The Morgan fingerprint density at radius 3 is 2.30 bits per heavy atom. The molecule has 0 aliphatic rings. The molecule has 0 aromatic carbocycles. The number of hydrogen-bond donors (Lipinski definition) is 2. The number of amides is 1. The Morgan fingerprint density at radius 1 is 1.70 bits per heavy atom. The van der Waals surface area contributed by atoms with Gasteiger partial charge in [0, 0.05) is 7.05 Å². The highest BCUT2D eigenvalue weighted by atomic mass is 35.5. The van der Waals surface area contributed by atoms with E-state index in [9.17, 15) is 4.79 Å². The molecule has 0 unspecified atom stereocenters. The molecule has 0 aliphatic heterocycles. The Hall–Kier alpha value is -1.10. The van der Waals surface area contributed by atoms with Crippen LogP contribution in [-0.2, 0) is 4.79 Å². The van der Waals surface area contributed by atoms with E-state index >= 15 is 0 Å². The van der Waals surface area contributed by atoms with E-state index in [2.05, 4.69) is 10.1 Å². The van der Waals surface area contributed by atoms with Crippen molar-refractivity contribution in [1.29, 1.82) is 0 Å². The zero-order chi connectivity index (χ0) is 8.15. The van der Waals surface area contributed by atoms with Crippen LogP contribution in [0, 0.1) is 0 Å². The van der Waals surface area contributed by atoms with E-state index < -0.39 is 11.1 Å². The molecule has 6 heteroatoms. The number of nitrogens with zero attached hydrogens (tertiary/aromatic N) is 2. The third kappa shape index (κ3) is 2.02. The van der Waals surface area contributed by atoms with Gasteiger partial charge >= 0.3 is 0 Å². The van der Waals surface area contributed by atoms with Crippen molar-refractivity contribution in [1.82, 2.24) is 0 Å². The van der Waals surface area contributed by atoms with Gasteiger partial charge in [-0.3, -0.25) is 9.79 Å². The second-order valence-electron chi connectivity index (χ2n) is 1.33. The van der Waals surface area contributed by atoms with Gasteiger partial charge < -0.3 is 10.9 Å². The lowest BCUT2D eigenvalue weighted by atomic mass is 10.4. The van der Waals surface area contributed by atoms with Crippen LogP contribution in [0.15, 0.2) is 10.1 Å². The molecule has 1 amide bonds. The number of hydrogen-bond acceptors (Lipinski definition) is 4. The number of rotatable bonds is 2. The maximum Gasteiger partial charge on any atom is 0.270 e. The maximum absolute atomic E-state index is 10.3. The summed E-state index contributed by atoms with van der Waals surface area (Å²) in [6.45, 7) is 0. The third-order valence-corrected chi connectivity index (χ3v) is 0.995. The van der Waals surface area contributed by atoms with Gasteiger partial charge in [0.2, 0.25) is 0 Å². The van der Waals surface area contributed by atoms with Crippen LogP contribution in [-0.4, -0.2) is 29.0 Å². The number of carbonyl (C=O) groups excluding carboxylic acids is 1. The van der Waals surface area contributed by atoms with E-state index in [1.54, 1.807) is 0 Å². The van der Waals surface area contributed by atoms with Crippen molar-refractivity contribution >= 4 is 28.4 Å². The lowest BCUT2D eigenvalue weighted by molar-refractivity contribution is -0.111. The third-order valence-electron chi connectivity index (χ3n) is 0.740. The fourth-order valence-corrected chi connectivity index (χ4v) is 0.529. The van der Waals surface area contributed by atoms with Gasteiger partial charge in [-0.25, -0.2) is 0 Å². The predicted molar refractivity (Wildman–Crippen MR) is 37.6 cm³/mol. The van der Waals surface area contributed by atoms with Gasteiger partial charge in [0.1, 0.15) is 0 Å². The SMILES string of the molecule is C/N=C(C(N)=O)\C(Cl)=N/O. The van der Waals surface area contributed by atoms with Crippen LogP contribution in [0.5, 0.6) is 0 Å². The molecule has 0 aliphatic carbocycles. The van der Waals surface area contributed by atoms with Crippen molar-refractivity contribution in [3.63, 3.8) is 0 Å². The van der Waals surface area contributed by atoms with Crippen LogP contribution in [0.4, 0.5) is 0 Å². The Kier molecular flexibility index (Phi) is 3.42. The molecule has 0 saturated heterocycles. The van der Waals surface area contributed by atoms with Crippen molar-refractivity contribution in [3.8, 4) is 0 Å². The zero-order valence-corrected chi connectivity index (χ0v) is 5.96. The fourth-order valence-electron chi connectivity index (χ4n) is 0.351. The number of oxime groups is 1. The molecule has 5 nitrogen and oxygen atoms in total. The van der Waals surface area contributed by atoms with Gasteiger partial charge in [0.25, 0.3) is 5.91 Å². The zero-order valence-electron chi connectivity index (χ0n) is 5.21. The van der Waals surface area contributed by atoms with Gasteiger partial charge in [0.15, 0.2) is 10.9 Å². The summed E-state index contributed by atoms with van der Waals surface area (Å²) in [7, 11) is 1.31. The Labute approximate surface area is 62.2 Å². The van der Waals surface area contributed by atoms with Crippen molar-refractivity contribution in [3.05, 3.63) is 0 Å². The highest BCUT2D eigenvalue weighted by Gasteiger charge is 2.11. The quantitative estimate of drug-likeness (QED) is 0.329. The van der Waals surface area contributed by atoms with E-state index in [-0.39, 0.29) is 5.71 Å². The van der Waals surface area contributed by atoms with Crippen LogP contribution in [0.25, 0.3) is 0 Å². The molecule has 0 radical (unpaired) electrons. The molecule has 0 atom stereocenters. The summed E-state index contributed by atoms with van der Waals surface area (Å²) in [6.07, 6.45) is 0. The second-order valence-corrected chi connectivity index (χ2v) is 1.69. The first-order chi connectivity index (χ1) is 4.63. The summed E-state index contributed by atoms with van der Waals surface area (Å²) in [4.78, 5) is 13.7. The van der Waals surface area contributed by atoms with Crippen LogP contribution in [0.3, 0.4) is 0 Å². The van der Waals surface area contributed by atoms with Gasteiger partial charge in [-0.05, 0) is 0 Å². The lowest BCUT2D eigenvalue weighted by Gasteiger charge is -1.93. The molecular weight excluding hydrogens is 158 g/mol. The van der Waals surface area contributed by atoms with Crippen LogP contribution >= 0.6 is 11.6 Å². The molecule has 0 aromatic heterocycles. The average molecular weight is 164 g/mol. The largest absolute Gasteiger partial charge is 0.410 e. The number of primary amides is 1. The van der Waals surface area contributed by atoms with Crippen molar-refractivity contribution in [2.45, 2.75) is 0 Å². The number of aliphatic imine (C=N–C) groups is 1. The minimum absolute atomic E-state index is 0.246. The summed E-state index contributed by atoms with van der Waals surface area (Å²) < 4.78 is 0.